The third kappa shape index (κ3) is 6.61. The van der Waals surface area contributed by atoms with Crippen molar-refractivity contribution < 1.29 is 14.6 Å². The monoisotopic (exact) mass is 240 g/mol. The minimum absolute atomic E-state index is 0.00809. The Kier molecular flexibility index (Phi) is 7.17. The summed E-state index contributed by atoms with van der Waals surface area (Å²) in [6, 6.07) is 0. The van der Waals surface area contributed by atoms with E-state index in [-0.39, 0.29) is 6.29 Å². The van der Waals surface area contributed by atoms with Crippen LogP contribution in [0.15, 0.2) is 24.3 Å². The predicted molar refractivity (Wildman–Crippen MR) is 68.7 cm³/mol. The van der Waals surface area contributed by atoms with Crippen LogP contribution in [0.4, 0.5) is 0 Å². The molecule has 1 aliphatic rings. The van der Waals surface area contributed by atoms with Crippen molar-refractivity contribution in [2.45, 2.75) is 51.4 Å². The summed E-state index contributed by atoms with van der Waals surface area (Å²) in [7, 11) is 0. The average molecular weight is 240 g/mol. The molecule has 0 aliphatic carbocycles. The van der Waals surface area contributed by atoms with Gasteiger partial charge in [-0.15, -0.1) is 0 Å². The summed E-state index contributed by atoms with van der Waals surface area (Å²) in [5.41, 5.74) is 0.771. The van der Waals surface area contributed by atoms with Crippen molar-refractivity contribution in [1.82, 2.24) is 0 Å². The van der Waals surface area contributed by atoms with Gasteiger partial charge in [0, 0.05) is 6.61 Å². The molecule has 0 amide bonds. The Morgan fingerprint density at radius 1 is 1.59 bits per heavy atom. The van der Waals surface area contributed by atoms with Gasteiger partial charge in [-0.25, -0.2) is 0 Å². The Bertz CT molecular complexity index is 242. The fourth-order valence-electron chi connectivity index (χ4n) is 1.65. The van der Waals surface area contributed by atoms with E-state index in [1.807, 2.05) is 13.0 Å². The van der Waals surface area contributed by atoms with Crippen LogP contribution in [0.5, 0.6) is 0 Å². The van der Waals surface area contributed by atoms with Crippen molar-refractivity contribution in [2.24, 2.45) is 0 Å². The topological polar surface area (TPSA) is 38.7 Å². The van der Waals surface area contributed by atoms with E-state index in [1.165, 1.54) is 6.42 Å². The number of hydrogen-bond acceptors (Lipinski definition) is 3. The highest BCUT2D eigenvalue weighted by atomic mass is 16.7. The van der Waals surface area contributed by atoms with Gasteiger partial charge in [0.05, 0.1) is 12.7 Å². The summed E-state index contributed by atoms with van der Waals surface area (Å²) in [4.78, 5) is 0. The SMILES string of the molecule is C=C(C)C(O)/C=C/CCCOC1CCCCO1. The minimum Gasteiger partial charge on any atom is -0.385 e. The van der Waals surface area contributed by atoms with E-state index >= 15 is 0 Å². The normalized spacial score (nSPS) is 22.8. The highest BCUT2D eigenvalue weighted by Crippen LogP contribution is 2.14. The first-order chi connectivity index (χ1) is 8.20. The van der Waals surface area contributed by atoms with Crippen molar-refractivity contribution in [3.63, 3.8) is 0 Å². The Hall–Kier alpha value is -0.640. The smallest absolute Gasteiger partial charge is 0.157 e. The molecule has 0 aromatic rings. The van der Waals surface area contributed by atoms with Crippen LogP contribution >= 0.6 is 0 Å². The highest BCUT2D eigenvalue weighted by molar-refractivity contribution is 5.07. The third-order valence-electron chi connectivity index (χ3n) is 2.78. The van der Waals surface area contributed by atoms with Crippen LogP contribution in [0, 0.1) is 0 Å². The lowest BCUT2D eigenvalue weighted by molar-refractivity contribution is -0.162. The van der Waals surface area contributed by atoms with Gasteiger partial charge in [-0.1, -0.05) is 18.7 Å². The van der Waals surface area contributed by atoms with E-state index in [1.54, 1.807) is 6.08 Å². The molecule has 0 spiro atoms. The molecule has 0 bridgehead atoms. The lowest BCUT2D eigenvalue weighted by atomic mass is 10.1. The van der Waals surface area contributed by atoms with Crippen molar-refractivity contribution in [3.8, 4) is 0 Å². The zero-order valence-corrected chi connectivity index (χ0v) is 10.7. The van der Waals surface area contributed by atoms with E-state index < -0.39 is 6.10 Å². The summed E-state index contributed by atoms with van der Waals surface area (Å²) in [5.74, 6) is 0. The zero-order chi connectivity index (χ0) is 12.5. The Labute approximate surface area is 104 Å². The molecule has 2 atom stereocenters. The predicted octanol–water partition coefficient (Wildman–Crippen LogP) is 2.80. The van der Waals surface area contributed by atoms with Gasteiger partial charge in [0.1, 0.15) is 0 Å². The maximum Gasteiger partial charge on any atom is 0.157 e. The van der Waals surface area contributed by atoms with E-state index in [9.17, 15) is 5.11 Å². The average Bonchev–Trinajstić information content (AvgIpc) is 2.34. The third-order valence-corrected chi connectivity index (χ3v) is 2.78. The molecule has 0 aromatic heterocycles. The molecule has 17 heavy (non-hydrogen) atoms. The molecule has 1 aliphatic heterocycles. The fraction of sp³-hybridized carbons (Fsp3) is 0.714. The quantitative estimate of drug-likeness (QED) is 0.549. The lowest BCUT2D eigenvalue weighted by Gasteiger charge is -2.22. The molecule has 1 heterocycles. The molecular formula is C14H24O3. The summed E-state index contributed by atoms with van der Waals surface area (Å²) in [5, 5.41) is 9.45. The minimum atomic E-state index is -0.516. The first kappa shape index (κ1) is 14.4. The second-order valence-corrected chi connectivity index (χ2v) is 4.53. The first-order valence-electron chi connectivity index (χ1n) is 6.43. The van der Waals surface area contributed by atoms with E-state index in [2.05, 4.69) is 6.58 Å². The molecule has 2 unspecified atom stereocenters. The number of aliphatic hydroxyl groups is 1. The van der Waals surface area contributed by atoms with Crippen molar-refractivity contribution in [1.29, 1.82) is 0 Å². The molecular weight excluding hydrogens is 216 g/mol. The fourth-order valence-corrected chi connectivity index (χ4v) is 1.65. The molecule has 1 saturated heterocycles. The number of rotatable bonds is 7. The van der Waals surface area contributed by atoms with Gasteiger partial charge < -0.3 is 14.6 Å². The molecule has 3 heteroatoms. The van der Waals surface area contributed by atoms with Crippen LogP contribution in [-0.4, -0.2) is 30.7 Å². The number of aliphatic hydroxyl groups excluding tert-OH is 1. The molecule has 1 fully saturated rings. The van der Waals surface area contributed by atoms with Gasteiger partial charge in [-0.2, -0.15) is 0 Å². The van der Waals surface area contributed by atoms with E-state index in [4.69, 9.17) is 9.47 Å². The van der Waals surface area contributed by atoms with Gasteiger partial charge >= 0.3 is 0 Å². The van der Waals surface area contributed by atoms with Crippen LogP contribution < -0.4 is 0 Å². The van der Waals surface area contributed by atoms with Crippen LogP contribution in [0.2, 0.25) is 0 Å². The second kappa shape index (κ2) is 8.45. The van der Waals surface area contributed by atoms with Gasteiger partial charge in [0.15, 0.2) is 6.29 Å². The van der Waals surface area contributed by atoms with Crippen molar-refractivity contribution in [2.75, 3.05) is 13.2 Å². The standard InChI is InChI=1S/C14H24O3/c1-12(2)13(15)8-4-3-6-10-16-14-9-5-7-11-17-14/h4,8,13-15H,1,3,5-7,9-11H2,2H3/b8-4+. The van der Waals surface area contributed by atoms with Gasteiger partial charge in [0.25, 0.3) is 0 Å². The maximum absolute atomic E-state index is 9.45. The molecule has 98 valence electrons. The molecule has 1 N–H and O–H groups in total. The summed E-state index contributed by atoms with van der Waals surface area (Å²) >= 11 is 0. The van der Waals surface area contributed by atoms with Crippen LogP contribution in [0.3, 0.4) is 0 Å². The van der Waals surface area contributed by atoms with Crippen molar-refractivity contribution in [3.05, 3.63) is 24.3 Å². The maximum atomic E-state index is 9.45. The Morgan fingerprint density at radius 2 is 2.41 bits per heavy atom. The summed E-state index contributed by atoms with van der Waals surface area (Å²) in [6.45, 7) is 7.06. The van der Waals surface area contributed by atoms with Gasteiger partial charge in [-0.05, 0) is 44.6 Å². The van der Waals surface area contributed by atoms with E-state index in [0.717, 1.165) is 44.5 Å². The summed E-state index contributed by atoms with van der Waals surface area (Å²) < 4.78 is 11.1. The molecule has 0 saturated carbocycles. The number of ether oxygens (including phenoxy) is 2. The highest BCUT2D eigenvalue weighted by Gasteiger charge is 2.12. The van der Waals surface area contributed by atoms with E-state index in [0.29, 0.717) is 0 Å². The number of hydrogen-bond donors (Lipinski definition) is 1. The van der Waals surface area contributed by atoms with Gasteiger partial charge in [0.2, 0.25) is 0 Å². The van der Waals surface area contributed by atoms with Crippen molar-refractivity contribution >= 4 is 0 Å². The van der Waals surface area contributed by atoms with Gasteiger partial charge in [-0.3, -0.25) is 0 Å². The molecule has 1 rings (SSSR count). The zero-order valence-electron chi connectivity index (χ0n) is 10.7. The van der Waals surface area contributed by atoms with Crippen LogP contribution in [0.1, 0.15) is 39.0 Å². The molecule has 0 radical (unpaired) electrons. The number of unbranched alkanes of at least 4 members (excludes halogenated alkanes) is 1. The Balaban J connectivity index is 1.98. The second-order valence-electron chi connectivity index (χ2n) is 4.53. The molecule has 3 nitrogen and oxygen atoms in total. The van der Waals surface area contributed by atoms with Crippen LogP contribution in [-0.2, 0) is 9.47 Å². The van der Waals surface area contributed by atoms with Crippen LogP contribution in [0.25, 0.3) is 0 Å². The Morgan fingerprint density at radius 3 is 3.06 bits per heavy atom. The first-order valence-corrected chi connectivity index (χ1v) is 6.43. The number of allylic oxidation sites excluding steroid dienone is 1. The lowest BCUT2D eigenvalue weighted by Crippen LogP contribution is -2.22. The molecule has 0 aromatic carbocycles. The summed E-state index contributed by atoms with van der Waals surface area (Å²) in [6.07, 6.45) is 8.49. The largest absolute Gasteiger partial charge is 0.385 e.